The molecule has 0 bridgehead atoms. The summed E-state index contributed by atoms with van der Waals surface area (Å²) in [5.41, 5.74) is -2.43. The van der Waals surface area contributed by atoms with Gasteiger partial charge < -0.3 is 72.2 Å². The fourth-order valence-electron chi connectivity index (χ4n) is 5.70. The minimum absolute atomic E-state index is 0.0475. The average Bonchev–Trinajstić information content (AvgIpc) is 3.18. The van der Waals surface area contributed by atoms with E-state index in [4.69, 9.17) is 14.2 Å². The first-order chi connectivity index (χ1) is 31.0. The largest absolute Gasteiger partial charge is 0.444 e. The van der Waals surface area contributed by atoms with Crippen molar-refractivity contribution in [2.45, 2.75) is 175 Å². The van der Waals surface area contributed by atoms with Crippen molar-refractivity contribution in [3.05, 3.63) is 0 Å². The Kier molecular flexibility index (Phi) is 27.9. The summed E-state index contributed by atoms with van der Waals surface area (Å²) in [6, 6.07) is -6.06. The van der Waals surface area contributed by atoms with E-state index in [2.05, 4.69) is 53.2 Å². The van der Waals surface area contributed by atoms with Crippen LogP contribution in [0, 0.1) is 5.92 Å². The second-order valence-corrected chi connectivity index (χ2v) is 19.2. The molecular weight excluding hydrogens is 877 g/mol. The van der Waals surface area contributed by atoms with Gasteiger partial charge in [0.25, 0.3) is 0 Å². The van der Waals surface area contributed by atoms with E-state index < -0.39 is 107 Å². The number of rotatable bonds is 28. The van der Waals surface area contributed by atoms with Gasteiger partial charge in [-0.25, -0.2) is 14.4 Å². The van der Waals surface area contributed by atoms with Crippen LogP contribution in [0.3, 0.4) is 0 Å². The number of carbonyl (C=O) groups excluding carboxylic acids is 10. The minimum atomic E-state index is -1.43. The zero-order chi connectivity index (χ0) is 51.5. The molecule has 23 nitrogen and oxygen atoms in total. The SMILES string of the molecule is CCC(C=O)NC(=O)C(CCNC(=O)OC(C)(C)C)NC(=O)C(CCNC(=O)OC(C)(C)C)NC(=O)C(CC(C)C)NC(=O)CNC(=O)C(CCNC(=O)OC(C)(C)C)NC(=O)CCCNC. The van der Waals surface area contributed by atoms with Crippen LogP contribution in [0.2, 0.25) is 0 Å². The van der Waals surface area contributed by atoms with Crippen LogP contribution < -0.4 is 53.2 Å². The molecule has 0 aromatic heterocycles. The topological polar surface area (TPSA) is 319 Å². The highest BCUT2D eigenvalue weighted by molar-refractivity contribution is 5.96. The minimum Gasteiger partial charge on any atom is -0.444 e. The van der Waals surface area contributed by atoms with Crippen LogP contribution in [0.5, 0.6) is 0 Å². The van der Waals surface area contributed by atoms with Crippen molar-refractivity contribution < 1.29 is 62.2 Å². The van der Waals surface area contributed by atoms with Crippen molar-refractivity contribution in [3.8, 4) is 0 Å². The molecule has 0 fully saturated rings. The molecule has 0 saturated carbocycles. The predicted molar refractivity (Wildman–Crippen MR) is 248 cm³/mol. The molecule has 10 N–H and O–H groups in total. The van der Waals surface area contributed by atoms with Gasteiger partial charge in [0.2, 0.25) is 35.4 Å². The number of alkyl carbamates (subject to hydrolysis) is 3. The summed E-state index contributed by atoms with van der Waals surface area (Å²) in [4.78, 5) is 129. The van der Waals surface area contributed by atoms with Gasteiger partial charge in [0.05, 0.1) is 12.6 Å². The van der Waals surface area contributed by atoms with Crippen molar-refractivity contribution in [2.24, 2.45) is 5.92 Å². The van der Waals surface area contributed by atoms with Crippen LogP contribution in [0.25, 0.3) is 0 Å². The van der Waals surface area contributed by atoms with E-state index in [1.807, 2.05) is 0 Å². The summed E-state index contributed by atoms with van der Waals surface area (Å²) in [6.07, 6.45) is -1.30. The van der Waals surface area contributed by atoms with Crippen molar-refractivity contribution in [2.75, 3.05) is 39.8 Å². The Morgan fingerprint density at radius 1 is 0.507 bits per heavy atom. The van der Waals surface area contributed by atoms with Crippen LogP contribution in [-0.2, 0) is 47.8 Å². The quantitative estimate of drug-likeness (QED) is 0.0297. The molecule has 0 heterocycles. The zero-order valence-corrected chi connectivity index (χ0v) is 41.8. The molecule has 0 aliphatic carbocycles. The molecule has 0 saturated heterocycles. The second-order valence-electron chi connectivity index (χ2n) is 19.2. The van der Waals surface area contributed by atoms with Crippen LogP contribution >= 0.6 is 0 Å². The fourth-order valence-corrected chi connectivity index (χ4v) is 5.70. The highest BCUT2D eigenvalue weighted by atomic mass is 16.6. The number of nitrogens with one attached hydrogen (secondary N) is 10. The smallest absolute Gasteiger partial charge is 0.407 e. The molecule has 0 aromatic carbocycles. The lowest BCUT2D eigenvalue weighted by Crippen LogP contribution is -2.59. The molecule has 0 aliphatic heterocycles. The van der Waals surface area contributed by atoms with Crippen LogP contribution in [0.4, 0.5) is 14.4 Å². The highest BCUT2D eigenvalue weighted by Crippen LogP contribution is 2.10. The fraction of sp³-hybridized carbons (Fsp3) is 0.773. The number of ether oxygens (including phenoxy) is 3. The van der Waals surface area contributed by atoms with Gasteiger partial charge in [0.1, 0.15) is 47.3 Å². The van der Waals surface area contributed by atoms with Crippen LogP contribution in [0.15, 0.2) is 0 Å². The van der Waals surface area contributed by atoms with Gasteiger partial charge in [0.15, 0.2) is 0 Å². The Morgan fingerprint density at radius 3 is 1.27 bits per heavy atom. The van der Waals surface area contributed by atoms with Gasteiger partial charge in [-0.2, -0.15) is 0 Å². The van der Waals surface area contributed by atoms with Crippen LogP contribution in [0.1, 0.15) is 128 Å². The van der Waals surface area contributed by atoms with Gasteiger partial charge in [-0.05, 0) is 120 Å². The Morgan fingerprint density at radius 2 is 0.896 bits per heavy atom. The molecule has 0 aliphatic rings. The number of hydrogen-bond donors (Lipinski definition) is 10. The Labute approximate surface area is 395 Å². The molecule has 384 valence electrons. The third kappa shape index (κ3) is 31.0. The maximum Gasteiger partial charge on any atom is 0.407 e. The van der Waals surface area contributed by atoms with Gasteiger partial charge >= 0.3 is 18.3 Å². The Balaban J connectivity index is 6.35. The normalized spacial score (nSPS) is 13.8. The third-order valence-corrected chi connectivity index (χ3v) is 8.77. The highest BCUT2D eigenvalue weighted by Gasteiger charge is 2.32. The van der Waals surface area contributed by atoms with Crippen molar-refractivity contribution in [1.82, 2.24) is 53.2 Å². The predicted octanol–water partition coefficient (Wildman–Crippen LogP) is 0.926. The maximum atomic E-state index is 14.0. The zero-order valence-electron chi connectivity index (χ0n) is 41.8. The number of aldehydes is 1. The molecule has 0 spiro atoms. The molecule has 9 amide bonds. The summed E-state index contributed by atoms with van der Waals surface area (Å²) < 4.78 is 15.8. The lowest BCUT2D eigenvalue weighted by Gasteiger charge is -2.27. The summed E-state index contributed by atoms with van der Waals surface area (Å²) >= 11 is 0. The summed E-state index contributed by atoms with van der Waals surface area (Å²) in [5, 5.41) is 25.9. The van der Waals surface area contributed by atoms with E-state index in [1.54, 1.807) is 90.1 Å². The Bertz CT molecular complexity index is 1640. The third-order valence-electron chi connectivity index (χ3n) is 8.77. The number of hydrogen-bond acceptors (Lipinski definition) is 14. The van der Waals surface area contributed by atoms with Crippen LogP contribution in [-0.4, -0.2) is 147 Å². The van der Waals surface area contributed by atoms with E-state index in [1.165, 1.54) is 0 Å². The van der Waals surface area contributed by atoms with Crippen molar-refractivity contribution in [1.29, 1.82) is 0 Å². The van der Waals surface area contributed by atoms with Crippen molar-refractivity contribution in [3.63, 3.8) is 0 Å². The molecule has 5 unspecified atom stereocenters. The number of carbonyl (C=O) groups is 10. The van der Waals surface area contributed by atoms with Gasteiger partial charge in [0, 0.05) is 26.1 Å². The molecule has 5 atom stereocenters. The summed E-state index contributed by atoms with van der Waals surface area (Å²) in [5.74, 6) is -4.58. The summed E-state index contributed by atoms with van der Waals surface area (Å²) in [7, 11) is 1.73. The molecule has 0 aromatic rings. The first kappa shape index (κ1) is 61.3. The lowest BCUT2D eigenvalue weighted by atomic mass is 10.0. The number of amides is 9. The second kappa shape index (κ2) is 30.5. The first-order valence-electron chi connectivity index (χ1n) is 22.8. The van der Waals surface area contributed by atoms with E-state index in [-0.39, 0.29) is 64.1 Å². The molecule has 0 radical (unpaired) electrons. The maximum absolute atomic E-state index is 14.0. The molecular formula is C44H80N10O13. The lowest BCUT2D eigenvalue weighted by molar-refractivity contribution is -0.134. The molecule has 23 heteroatoms. The standard InChI is InChI=1S/C44H80N10O13/c1-14-28(26-55)50-36(59)30(18-22-47-40(63)66-43(7,8)9)53-37(60)31(19-23-48-41(64)67-44(10,11)12)54-38(61)32(24-27(2)3)52-34(57)25-49-35(58)29(51-33(56)16-15-20-45-13)17-21-46-39(62)65-42(4,5)6/h26-32,45H,14-25H2,1-13H3,(H,46,62)(H,47,63)(H,48,64)(H,49,58)(H,50,59)(H,51,56)(H,52,57)(H,53,60)(H,54,61). The average molecular weight is 957 g/mol. The van der Waals surface area contributed by atoms with E-state index in [9.17, 15) is 47.9 Å². The van der Waals surface area contributed by atoms with Gasteiger partial charge in [-0.15, -0.1) is 0 Å². The molecule has 0 rings (SSSR count). The van der Waals surface area contributed by atoms with Crippen molar-refractivity contribution >= 4 is 60.0 Å². The first-order valence-corrected chi connectivity index (χ1v) is 22.8. The van der Waals surface area contributed by atoms with E-state index in [0.29, 0.717) is 19.3 Å². The van der Waals surface area contributed by atoms with Gasteiger partial charge in [-0.1, -0.05) is 20.8 Å². The van der Waals surface area contributed by atoms with E-state index in [0.717, 1.165) is 0 Å². The molecule has 67 heavy (non-hydrogen) atoms. The van der Waals surface area contributed by atoms with E-state index >= 15 is 0 Å². The summed E-state index contributed by atoms with van der Waals surface area (Å²) in [6.45, 7) is 19.8. The van der Waals surface area contributed by atoms with Gasteiger partial charge in [-0.3, -0.25) is 28.8 Å². The Hall–Kier alpha value is -5.74. The monoisotopic (exact) mass is 957 g/mol.